The van der Waals surface area contributed by atoms with Crippen molar-refractivity contribution in [3.8, 4) is 5.75 Å². The van der Waals surface area contributed by atoms with Gasteiger partial charge in [0, 0.05) is 0 Å². The molecule has 0 radical (unpaired) electrons. The first-order chi connectivity index (χ1) is 9.29. The van der Waals surface area contributed by atoms with Crippen LogP contribution in [0.3, 0.4) is 0 Å². The van der Waals surface area contributed by atoms with Gasteiger partial charge in [-0.2, -0.15) is 0 Å². The van der Waals surface area contributed by atoms with Gasteiger partial charge in [0.2, 0.25) is 0 Å². The summed E-state index contributed by atoms with van der Waals surface area (Å²) in [4.78, 5) is 0. The minimum absolute atomic E-state index is 0.641. The molecule has 1 aliphatic rings. The summed E-state index contributed by atoms with van der Waals surface area (Å²) in [5, 5.41) is 3.45. The van der Waals surface area contributed by atoms with Gasteiger partial charge in [-0.1, -0.05) is 26.0 Å². The topological polar surface area (TPSA) is 21.3 Å². The Morgan fingerprint density at radius 2 is 2.11 bits per heavy atom. The van der Waals surface area contributed by atoms with E-state index >= 15 is 0 Å². The summed E-state index contributed by atoms with van der Waals surface area (Å²) in [5.41, 5.74) is 1.41. The van der Waals surface area contributed by atoms with Gasteiger partial charge in [-0.25, -0.2) is 0 Å². The van der Waals surface area contributed by atoms with E-state index in [1.807, 2.05) is 0 Å². The molecular weight excluding hydrogens is 234 g/mol. The highest BCUT2D eigenvalue weighted by molar-refractivity contribution is 5.29. The lowest BCUT2D eigenvalue weighted by atomic mass is 9.97. The van der Waals surface area contributed by atoms with Crippen molar-refractivity contribution in [2.75, 3.05) is 19.7 Å². The summed E-state index contributed by atoms with van der Waals surface area (Å²) in [7, 11) is 0. The number of benzene rings is 1. The Bertz CT molecular complexity index is 354. The summed E-state index contributed by atoms with van der Waals surface area (Å²) >= 11 is 0. The largest absolute Gasteiger partial charge is 0.494 e. The third-order valence-corrected chi connectivity index (χ3v) is 4.26. The first-order valence-corrected chi connectivity index (χ1v) is 7.73. The van der Waals surface area contributed by atoms with E-state index in [1.165, 1.54) is 37.8 Å². The minimum atomic E-state index is 0.641. The molecular formula is C17H27NO. The van der Waals surface area contributed by atoms with Gasteiger partial charge in [-0.3, -0.25) is 0 Å². The van der Waals surface area contributed by atoms with Crippen LogP contribution >= 0.6 is 0 Å². The molecule has 2 nitrogen and oxygen atoms in total. The molecule has 1 N–H and O–H groups in total. The highest BCUT2D eigenvalue weighted by Crippen LogP contribution is 2.22. The van der Waals surface area contributed by atoms with Crippen LogP contribution in [0.4, 0.5) is 0 Å². The molecule has 1 aromatic carbocycles. The average Bonchev–Trinajstić information content (AvgIpc) is 2.48. The molecule has 0 aliphatic carbocycles. The normalized spacial score (nSPS) is 21.1. The van der Waals surface area contributed by atoms with Gasteiger partial charge >= 0.3 is 0 Å². The molecule has 0 bridgehead atoms. The zero-order chi connectivity index (χ0) is 13.5. The van der Waals surface area contributed by atoms with Crippen LogP contribution in [-0.4, -0.2) is 19.7 Å². The smallest absolute Gasteiger partial charge is 0.119 e. The molecule has 19 heavy (non-hydrogen) atoms. The minimum Gasteiger partial charge on any atom is -0.494 e. The van der Waals surface area contributed by atoms with E-state index in [1.54, 1.807) is 0 Å². The molecule has 1 heterocycles. The number of hydrogen-bond acceptors (Lipinski definition) is 2. The lowest BCUT2D eigenvalue weighted by molar-refractivity contribution is 0.254. The fourth-order valence-corrected chi connectivity index (χ4v) is 2.64. The summed E-state index contributed by atoms with van der Waals surface area (Å²) < 4.78 is 5.85. The predicted molar refractivity (Wildman–Crippen MR) is 80.9 cm³/mol. The van der Waals surface area contributed by atoms with Crippen LogP contribution in [0, 0.1) is 5.92 Å². The first kappa shape index (κ1) is 14.4. The maximum atomic E-state index is 5.85. The maximum Gasteiger partial charge on any atom is 0.119 e. The highest BCUT2D eigenvalue weighted by Gasteiger charge is 2.12. The zero-order valence-electron chi connectivity index (χ0n) is 12.3. The van der Waals surface area contributed by atoms with Gasteiger partial charge in [-0.15, -0.1) is 0 Å². The summed E-state index contributed by atoms with van der Waals surface area (Å²) in [6, 6.07) is 8.62. The second kappa shape index (κ2) is 7.54. The number of piperidine rings is 1. The highest BCUT2D eigenvalue weighted by atomic mass is 16.5. The van der Waals surface area contributed by atoms with Crippen molar-refractivity contribution in [1.82, 2.24) is 5.32 Å². The Hall–Kier alpha value is -1.02. The number of nitrogens with one attached hydrogen (secondary N) is 1. The van der Waals surface area contributed by atoms with Gasteiger partial charge in [0.1, 0.15) is 5.75 Å². The monoisotopic (exact) mass is 261 g/mol. The Morgan fingerprint density at radius 1 is 1.32 bits per heavy atom. The third-order valence-electron chi connectivity index (χ3n) is 4.26. The molecule has 1 aromatic rings. The zero-order valence-corrected chi connectivity index (χ0v) is 12.3. The van der Waals surface area contributed by atoms with Crippen LogP contribution in [0.25, 0.3) is 0 Å². The molecule has 1 aliphatic heterocycles. The average molecular weight is 261 g/mol. The van der Waals surface area contributed by atoms with Crippen LogP contribution in [0.1, 0.15) is 51.0 Å². The van der Waals surface area contributed by atoms with Gasteiger partial charge in [-0.05, 0) is 68.3 Å². The number of rotatable bonds is 6. The lowest BCUT2D eigenvalue weighted by Gasteiger charge is -2.22. The SMILES string of the molecule is CC[C@@H](C)c1ccc(OCC[C@@H]2CCCNC2)cc1. The standard InChI is InChI=1S/C17H27NO/c1-3-14(2)16-6-8-17(9-7-16)19-12-10-15-5-4-11-18-13-15/h6-9,14-15,18H,3-5,10-13H2,1-2H3/t14-,15+/m1/s1. The lowest BCUT2D eigenvalue weighted by Crippen LogP contribution is -2.30. The molecule has 0 aromatic heterocycles. The molecule has 106 valence electrons. The molecule has 0 unspecified atom stereocenters. The van der Waals surface area contributed by atoms with E-state index in [0.717, 1.165) is 24.8 Å². The molecule has 0 amide bonds. The molecule has 1 fully saturated rings. The van der Waals surface area contributed by atoms with E-state index in [2.05, 4.69) is 43.4 Å². The predicted octanol–water partition coefficient (Wildman–Crippen LogP) is 3.97. The molecule has 0 spiro atoms. The molecule has 1 saturated heterocycles. The van der Waals surface area contributed by atoms with Gasteiger partial charge < -0.3 is 10.1 Å². The second-order valence-corrected chi connectivity index (χ2v) is 5.73. The Balaban J connectivity index is 1.73. The van der Waals surface area contributed by atoms with E-state index < -0.39 is 0 Å². The van der Waals surface area contributed by atoms with E-state index in [9.17, 15) is 0 Å². The van der Waals surface area contributed by atoms with Crippen molar-refractivity contribution in [1.29, 1.82) is 0 Å². The Labute approximate surface area is 117 Å². The Morgan fingerprint density at radius 3 is 2.74 bits per heavy atom. The third kappa shape index (κ3) is 4.54. The van der Waals surface area contributed by atoms with Crippen molar-refractivity contribution >= 4 is 0 Å². The van der Waals surface area contributed by atoms with Crippen LogP contribution in [-0.2, 0) is 0 Å². The van der Waals surface area contributed by atoms with Crippen molar-refractivity contribution in [3.05, 3.63) is 29.8 Å². The second-order valence-electron chi connectivity index (χ2n) is 5.73. The van der Waals surface area contributed by atoms with E-state index in [-0.39, 0.29) is 0 Å². The van der Waals surface area contributed by atoms with Crippen molar-refractivity contribution < 1.29 is 4.74 Å². The fourth-order valence-electron chi connectivity index (χ4n) is 2.64. The fraction of sp³-hybridized carbons (Fsp3) is 0.647. The van der Waals surface area contributed by atoms with E-state index in [0.29, 0.717) is 5.92 Å². The van der Waals surface area contributed by atoms with Gasteiger partial charge in [0.25, 0.3) is 0 Å². The molecule has 2 heteroatoms. The molecule has 2 atom stereocenters. The van der Waals surface area contributed by atoms with Crippen LogP contribution in [0.2, 0.25) is 0 Å². The van der Waals surface area contributed by atoms with Crippen molar-refractivity contribution in [3.63, 3.8) is 0 Å². The van der Waals surface area contributed by atoms with Crippen molar-refractivity contribution in [2.45, 2.75) is 45.4 Å². The van der Waals surface area contributed by atoms with Crippen LogP contribution in [0.5, 0.6) is 5.75 Å². The number of ether oxygens (including phenoxy) is 1. The first-order valence-electron chi connectivity index (χ1n) is 7.73. The van der Waals surface area contributed by atoms with Gasteiger partial charge in [0.05, 0.1) is 6.61 Å². The summed E-state index contributed by atoms with van der Waals surface area (Å²) in [5.74, 6) is 2.45. The maximum absolute atomic E-state index is 5.85. The summed E-state index contributed by atoms with van der Waals surface area (Å²) in [6.45, 7) is 7.69. The quantitative estimate of drug-likeness (QED) is 0.836. The summed E-state index contributed by atoms with van der Waals surface area (Å²) in [6.07, 6.45) is 5.02. The van der Waals surface area contributed by atoms with E-state index in [4.69, 9.17) is 4.74 Å². The van der Waals surface area contributed by atoms with Gasteiger partial charge in [0.15, 0.2) is 0 Å². The molecule has 0 saturated carbocycles. The van der Waals surface area contributed by atoms with Crippen LogP contribution < -0.4 is 10.1 Å². The number of hydrogen-bond donors (Lipinski definition) is 1. The Kier molecular flexibility index (Phi) is 5.71. The van der Waals surface area contributed by atoms with Crippen LogP contribution in [0.15, 0.2) is 24.3 Å². The van der Waals surface area contributed by atoms with Crippen molar-refractivity contribution in [2.24, 2.45) is 5.92 Å². The molecule has 2 rings (SSSR count).